The number of benzene rings is 1. The highest BCUT2D eigenvalue weighted by Crippen LogP contribution is 2.34. The fourth-order valence-corrected chi connectivity index (χ4v) is 1.78. The van der Waals surface area contributed by atoms with Gasteiger partial charge in [-0.3, -0.25) is 0 Å². The first-order valence-corrected chi connectivity index (χ1v) is 6.31. The minimum atomic E-state index is -4.53. The summed E-state index contributed by atoms with van der Waals surface area (Å²) >= 11 is 0. The summed E-state index contributed by atoms with van der Waals surface area (Å²) in [6.45, 7) is 0.555. The molecule has 0 radical (unpaired) electrons. The highest BCUT2D eigenvalue weighted by molar-refractivity contribution is 5.90. The Kier molecular flexibility index (Phi) is 6.44. The van der Waals surface area contributed by atoms with Crippen molar-refractivity contribution < 1.29 is 22.7 Å². The zero-order valence-electron chi connectivity index (χ0n) is 11.5. The minimum absolute atomic E-state index is 0.228. The molecule has 1 rings (SSSR count). The van der Waals surface area contributed by atoms with Crippen molar-refractivity contribution in [2.45, 2.75) is 18.6 Å². The molecule has 8 heteroatoms. The van der Waals surface area contributed by atoms with E-state index >= 15 is 0 Å². The molecular formula is C13H18F3N3O2. The Bertz CT molecular complexity index is 460. The summed E-state index contributed by atoms with van der Waals surface area (Å²) in [7, 11) is 1.46. The molecule has 1 aromatic rings. The third-order valence-corrected chi connectivity index (χ3v) is 2.70. The van der Waals surface area contributed by atoms with E-state index < -0.39 is 17.8 Å². The number of ether oxygens (including phenoxy) is 1. The fourth-order valence-electron chi connectivity index (χ4n) is 1.78. The van der Waals surface area contributed by atoms with Gasteiger partial charge in [0, 0.05) is 7.11 Å². The summed E-state index contributed by atoms with van der Waals surface area (Å²) < 4.78 is 43.3. The highest BCUT2D eigenvalue weighted by atomic mass is 19.4. The van der Waals surface area contributed by atoms with E-state index in [2.05, 4.69) is 10.6 Å². The Balaban J connectivity index is 2.75. The average Bonchev–Trinajstić information content (AvgIpc) is 2.38. The van der Waals surface area contributed by atoms with E-state index in [1.807, 2.05) is 0 Å². The fraction of sp³-hybridized carbons (Fsp3) is 0.462. The Morgan fingerprint density at radius 2 is 2.05 bits per heavy atom. The number of nitrogens with one attached hydrogen (secondary N) is 2. The van der Waals surface area contributed by atoms with Crippen molar-refractivity contribution >= 4 is 11.7 Å². The van der Waals surface area contributed by atoms with Crippen LogP contribution in [-0.2, 0) is 10.9 Å². The molecule has 1 atom stereocenters. The predicted octanol–water partition coefficient (Wildman–Crippen LogP) is 2.19. The molecule has 0 aliphatic carbocycles. The summed E-state index contributed by atoms with van der Waals surface area (Å²) in [5, 5.41) is 4.72. The third-order valence-electron chi connectivity index (χ3n) is 2.70. The summed E-state index contributed by atoms with van der Waals surface area (Å²) in [6.07, 6.45) is -4.07. The maximum atomic E-state index is 12.8. The van der Waals surface area contributed by atoms with E-state index in [0.717, 1.165) is 6.07 Å². The monoisotopic (exact) mass is 305 g/mol. The van der Waals surface area contributed by atoms with Crippen LogP contribution in [0.1, 0.15) is 12.0 Å². The standard InChI is InChI=1S/C13H18F3N3O2/c1-21-8-9(6-7-17)18-12(20)19-11-5-3-2-4-10(11)13(14,15)16/h2-5,9H,6-8,17H2,1H3,(H2,18,19,20). The summed E-state index contributed by atoms with van der Waals surface area (Å²) in [4.78, 5) is 11.8. The molecule has 5 nitrogen and oxygen atoms in total. The number of hydrogen-bond donors (Lipinski definition) is 3. The predicted molar refractivity (Wildman–Crippen MR) is 72.9 cm³/mol. The van der Waals surface area contributed by atoms with Crippen molar-refractivity contribution in [3.05, 3.63) is 29.8 Å². The number of anilines is 1. The molecule has 118 valence electrons. The minimum Gasteiger partial charge on any atom is -0.383 e. The van der Waals surface area contributed by atoms with Gasteiger partial charge in [0.2, 0.25) is 0 Å². The molecule has 0 bridgehead atoms. The zero-order chi connectivity index (χ0) is 15.9. The quantitative estimate of drug-likeness (QED) is 0.754. The first-order chi connectivity index (χ1) is 9.88. The molecule has 1 aromatic carbocycles. The largest absolute Gasteiger partial charge is 0.418 e. The molecule has 21 heavy (non-hydrogen) atoms. The van der Waals surface area contributed by atoms with E-state index in [1.165, 1.54) is 25.3 Å². The van der Waals surface area contributed by atoms with Crippen LogP contribution in [0.15, 0.2) is 24.3 Å². The molecule has 4 N–H and O–H groups in total. The average molecular weight is 305 g/mol. The Hall–Kier alpha value is -1.80. The number of hydrogen-bond acceptors (Lipinski definition) is 3. The normalized spacial score (nSPS) is 12.8. The summed E-state index contributed by atoms with van der Waals surface area (Å²) in [6, 6.07) is 3.67. The first-order valence-electron chi connectivity index (χ1n) is 6.31. The SMILES string of the molecule is COCC(CCN)NC(=O)Nc1ccccc1C(F)(F)F. The van der Waals surface area contributed by atoms with Crippen LogP contribution in [0.25, 0.3) is 0 Å². The Labute approximate surface area is 120 Å². The van der Waals surface area contributed by atoms with Crippen molar-refractivity contribution in [3.63, 3.8) is 0 Å². The van der Waals surface area contributed by atoms with Gasteiger partial charge >= 0.3 is 12.2 Å². The number of urea groups is 1. The number of para-hydroxylation sites is 1. The van der Waals surface area contributed by atoms with Crippen LogP contribution in [0.4, 0.5) is 23.7 Å². The number of carbonyl (C=O) groups is 1. The molecular weight excluding hydrogens is 287 g/mol. The smallest absolute Gasteiger partial charge is 0.383 e. The van der Waals surface area contributed by atoms with Crippen LogP contribution in [-0.4, -0.2) is 32.3 Å². The molecule has 0 aliphatic heterocycles. The van der Waals surface area contributed by atoms with Gasteiger partial charge < -0.3 is 21.1 Å². The Morgan fingerprint density at radius 3 is 2.62 bits per heavy atom. The van der Waals surface area contributed by atoms with Crippen molar-refractivity contribution in [2.24, 2.45) is 5.73 Å². The number of carbonyl (C=O) groups excluding carboxylic acids is 1. The molecule has 0 spiro atoms. The van der Waals surface area contributed by atoms with Gasteiger partial charge in [-0.15, -0.1) is 0 Å². The van der Waals surface area contributed by atoms with Gasteiger partial charge in [0.05, 0.1) is 23.9 Å². The van der Waals surface area contributed by atoms with E-state index in [1.54, 1.807) is 0 Å². The molecule has 1 unspecified atom stereocenters. The number of halogens is 3. The van der Waals surface area contributed by atoms with E-state index in [9.17, 15) is 18.0 Å². The van der Waals surface area contributed by atoms with Crippen LogP contribution in [0, 0.1) is 0 Å². The number of amides is 2. The van der Waals surface area contributed by atoms with Crippen molar-refractivity contribution in [3.8, 4) is 0 Å². The van der Waals surface area contributed by atoms with Crippen molar-refractivity contribution in [1.82, 2.24) is 5.32 Å². The maximum absolute atomic E-state index is 12.8. The lowest BCUT2D eigenvalue weighted by atomic mass is 10.1. The molecule has 0 saturated heterocycles. The first kappa shape index (κ1) is 17.3. The lowest BCUT2D eigenvalue weighted by molar-refractivity contribution is -0.136. The van der Waals surface area contributed by atoms with Gasteiger partial charge in [-0.25, -0.2) is 4.79 Å². The van der Waals surface area contributed by atoms with E-state index in [-0.39, 0.29) is 18.3 Å². The van der Waals surface area contributed by atoms with Gasteiger partial charge in [0.15, 0.2) is 0 Å². The third kappa shape index (κ3) is 5.60. The molecule has 0 saturated carbocycles. The van der Waals surface area contributed by atoms with Crippen molar-refractivity contribution in [2.75, 3.05) is 25.6 Å². The molecule has 0 heterocycles. The summed E-state index contributed by atoms with van der Waals surface area (Å²) in [5.41, 5.74) is 4.19. The molecule has 0 aliphatic rings. The number of alkyl halides is 3. The second kappa shape index (κ2) is 7.84. The van der Waals surface area contributed by atoms with Crippen LogP contribution in [0.5, 0.6) is 0 Å². The Morgan fingerprint density at radius 1 is 1.38 bits per heavy atom. The van der Waals surface area contributed by atoms with Gasteiger partial charge in [-0.1, -0.05) is 12.1 Å². The van der Waals surface area contributed by atoms with Crippen LogP contribution < -0.4 is 16.4 Å². The van der Waals surface area contributed by atoms with E-state index in [4.69, 9.17) is 10.5 Å². The highest BCUT2D eigenvalue weighted by Gasteiger charge is 2.33. The number of methoxy groups -OCH3 is 1. The second-order valence-corrected chi connectivity index (χ2v) is 4.37. The van der Waals surface area contributed by atoms with Crippen LogP contribution >= 0.6 is 0 Å². The second-order valence-electron chi connectivity index (χ2n) is 4.37. The van der Waals surface area contributed by atoms with Crippen molar-refractivity contribution in [1.29, 1.82) is 0 Å². The van der Waals surface area contributed by atoms with Gasteiger partial charge in [-0.2, -0.15) is 13.2 Å². The van der Waals surface area contributed by atoms with E-state index in [0.29, 0.717) is 13.0 Å². The molecule has 2 amide bonds. The maximum Gasteiger partial charge on any atom is 0.418 e. The van der Waals surface area contributed by atoms with Crippen LogP contribution in [0.2, 0.25) is 0 Å². The van der Waals surface area contributed by atoms with Gasteiger partial charge in [0.25, 0.3) is 0 Å². The van der Waals surface area contributed by atoms with Gasteiger partial charge in [-0.05, 0) is 25.1 Å². The summed E-state index contributed by atoms with van der Waals surface area (Å²) in [5.74, 6) is 0. The number of rotatable bonds is 6. The number of nitrogens with two attached hydrogens (primary N) is 1. The van der Waals surface area contributed by atoms with Crippen LogP contribution in [0.3, 0.4) is 0 Å². The topological polar surface area (TPSA) is 76.4 Å². The lowest BCUT2D eigenvalue weighted by Crippen LogP contribution is -2.42. The van der Waals surface area contributed by atoms with Gasteiger partial charge in [0.1, 0.15) is 0 Å². The molecule has 0 fully saturated rings. The lowest BCUT2D eigenvalue weighted by Gasteiger charge is -2.19. The molecule has 0 aromatic heterocycles. The zero-order valence-corrected chi connectivity index (χ0v) is 11.5.